The van der Waals surface area contributed by atoms with E-state index in [2.05, 4.69) is 0 Å². The number of alkyl halides is 3. The molecule has 0 fully saturated rings. The molecule has 5 heteroatoms. The zero-order valence-electron chi connectivity index (χ0n) is 9.21. The molecule has 1 aromatic rings. The van der Waals surface area contributed by atoms with Gasteiger partial charge < -0.3 is 5.73 Å². The van der Waals surface area contributed by atoms with E-state index in [1.807, 2.05) is 0 Å². The van der Waals surface area contributed by atoms with Crippen molar-refractivity contribution in [2.75, 3.05) is 0 Å². The van der Waals surface area contributed by atoms with E-state index in [0.29, 0.717) is 11.1 Å². The summed E-state index contributed by atoms with van der Waals surface area (Å²) < 4.78 is 37.4. The number of hydrogen-bond donors (Lipinski definition) is 1. The largest absolute Gasteiger partial charge is 0.416 e. The Kier molecular flexibility index (Phi) is 3.93. The Hall–Kier alpha value is -1.78. The normalized spacial score (nSPS) is 12.0. The lowest BCUT2D eigenvalue weighted by molar-refractivity contribution is -0.137. The van der Waals surface area contributed by atoms with E-state index in [0.717, 1.165) is 12.1 Å². The minimum Gasteiger partial charge on any atom is -0.369 e. The third-order valence-corrected chi connectivity index (χ3v) is 2.22. The maximum absolute atomic E-state index is 12.5. The molecule has 0 heterocycles. The average molecular weight is 243 g/mol. The summed E-state index contributed by atoms with van der Waals surface area (Å²) in [6.07, 6.45) is -1.43. The van der Waals surface area contributed by atoms with Gasteiger partial charge in [0.1, 0.15) is 0 Å². The number of nitrogens with two attached hydrogens (primary N) is 1. The van der Waals surface area contributed by atoms with E-state index < -0.39 is 17.6 Å². The van der Waals surface area contributed by atoms with Gasteiger partial charge in [0, 0.05) is 6.42 Å². The van der Waals surface area contributed by atoms with Crippen molar-refractivity contribution in [3.05, 3.63) is 41.0 Å². The van der Waals surface area contributed by atoms with Gasteiger partial charge in [0.2, 0.25) is 5.91 Å². The first-order chi connectivity index (χ1) is 7.80. The van der Waals surface area contributed by atoms with Crippen LogP contribution in [0.4, 0.5) is 13.2 Å². The second-order valence-corrected chi connectivity index (χ2v) is 3.64. The van der Waals surface area contributed by atoms with Gasteiger partial charge in [-0.25, -0.2) is 0 Å². The van der Waals surface area contributed by atoms with E-state index in [1.54, 1.807) is 6.92 Å². The zero-order valence-corrected chi connectivity index (χ0v) is 9.21. The summed E-state index contributed by atoms with van der Waals surface area (Å²) in [5.41, 5.74) is 5.36. The summed E-state index contributed by atoms with van der Waals surface area (Å²) in [7, 11) is 0. The summed E-state index contributed by atoms with van der Waals surface area (Å²) in [6.45, 7) is 1.70. The number of rotatable bonds is 3. The van der Waals surface area contributed by atoms with Crippen molar-refractivity contribution in [2.24, 2.45) is 5.73 Å². The molecule has 1 amide bonds. The molecule has 1 aromatic carbocycles. The number of carbonyl (C=O) groups excluding carboxylic acids is 1. The molecule has 0 saturated heterocycles. The van der Waals surface area contributed by atoms with Crippen LogP contribution in [0.3, 0.4) is 0 Å². The maximum atomic E-state index is 12.5. The quantitative estimate of drug-likeness (QED) is 0.871. The van der Waals surface area contributed by atoms with Gasteiger partial charge in [0.15, 0.2) is 0 Å². The Bertz CT molecular complexity index is 450. The van der Waals surface area contributed by atoms with Gasteiger partial charge in [0.25, 0.3) is 0 Å². The lowest BCUT2D eigenvalue weighted by Gasteiger charge is -2.09. The van der Waals surface area contributed by atoms with Gasteiger partial charge in [-0.15, -0.1) is 0 Å². The number of halogens is 3. The Morgan fingerprint density at radius 1 is 1.41 bits per heavy atom. The van der Waals surface area contributed by atoms with Crippen LogP contribution in [0.25, 0.3) is 6.08 Å². The van der Waals surface area contributed by atoms with Crippen LogP contribution in [0.2, 0.25) is 0 Å². The number of benzene rings is 1. The molecule has 17 heavy (non-hydrogen) atoms. The van der Waals surface area contributed by atoms with Crippen LogP contribution in [-0.2, 0) is 11.0 Å². The Balaban J connectivity index is 2.99. The van der Waals surface area contributed by atoms with Crippen LogP contribution in [0.1, 0.15) is 23.1 Å². The lowest BCUT2D eigenvalue weighted by atomic mass is 10.0. The van der Waals surface area contributed by atoms with E-state index in [-0.39, 0.29) is 6.42 Å². The first-order valence-electron chi connectivity index (χ1n) is 4.93. The van der Waals surface area contributed by atoms with Gasteiger partial charge in [-0.2, -0.15) is 13.2 Å². The Morgan fingerprint density at radius 3 is 2.59 bits per heavy atom. The SMILES string of the molecule is Cc1ccc(C(F)(F)F)cc1C=CCC(N)=O. The fourth-order valence-corrected chi connectivity index (χ4v) is 1.30. The van der Waals surface area contributed by atoms with Crippen molar-refractivity contribution in [1.29, 1.82) is 0 Å². The second-order valence-electron chi connectivity index (χ2n) is 3.64. The molecule has 1 rings (SSSR count). The maximum Gasteiger partial charge on any atom is 0.416 e. The summed E-state index contributed by atoms with van der Waals surface area (Å²) in [5, 5.41) is 0. The Morgan fingerprint density at radius 2 is 2.06 bits per heavy atom. The first-order valence-corrected chi connectivity index (χ1v) is 4.93. The molecule has 0 spiro atoms. The monoisotopic (exact) mass is 243 g/mol. The molecule has 0 atom stereocenters. The third kappa shape index (κ3) is 3.94. The number of aryl methyl sites for hydroxylation is 1. The molecular weight excluding hydrogens is 231 g/mol. The van der Waals surface area contributed by atoms with Crippen molar-refractivity contribution in [3.63, 3.8) is 0 Å². The summed E-state index contributed by atoms with van der Waals surface area (Å²) in [4.78, 5) is 10.5. The van der Waals surface area contributed by atoms with E-state index in [4.69, 9.17) is 5.73 Å². The van der Waals surface area contributed by atoms with Gasteiger partial charge >= 0.3 is 6.18 Å². The van der Waals surface area contributed by atoms with Crippen LogP contribution in [0.5, 0.6) is 0 Å². The van der Waals surface area contributed by atoms with Gasteiger partial charge in [-0.1, -0.05) is 18.2 Å². The second kappa shape index (κ2) is 5.03. The van der Waals surface area contributed by atoms with Crippen LogP contribution < -0.4 is 5.73 Å². The molecule has 0 aliphatic heterocycles. The highest BCUT2D eigenvalue weighted by Gasteiger charge is 2.30. The fourth-order valence-electron chi connectivity index (χ4n) is 1.30. The van der Waals surface area contributed by atoms with Gasteiger partial charge in [0.05, 0.1) is 5.56 Å². The highest BCUT2D eigenvalue weighted by atomic mass is 19.4. The molecule has 0 unspecified atom stereocenters. The summed E-state index contributed by atoms with van der Waals surface area (Å²) >= 11 is 0. The smallest absolute Gasteiger partial charge is 0.369 e. The number of carbonyl (C=O) groups is 1. The minimum absolute atomic E-state index is 0.00961. The predicted molar refractivity (Wildman–Crippen MR) is 59.0 cm³/mol. The molecule has 92 valence electrons. The highest BCUT2D eigenvalue weighted by molar-refractivity contribution is 5.76. The third-order valence-electron chi connectivity index (χ3n) is 2.22. The van der Waals surface area contributed by atoms with Crippen LogP contribution in [-0.4, -0.2) is 5.91 Å². The van der Waals surface area contributed by atoms with Crippen molar-refractivity contribution >= 4 is 12.0 Å². The Labute approximate surface area is 96.9 Å². The number of primary amides is 1. The van der Waals surface area contributed by atoms with E-state index in [9.17, 15) is 18.0 Å². The molecule has 0 aromatic heterocycles. The van der Waals surface area contributed by atoms with Gasteiger partial charge in [-0.3, -0.25) is 4.79 Å². The topological polar surface area (TPSA) is 43.1 Å². The highest BCUT2D eigenvalue weighted by Crippen LogP contribution is 2.30. The van der Waals surface area contributed by atoms with E-state index >= 15 is 0 Å². The zero-order chi connectivity index (χ0) is 13.1. The number of hydrogen-bond acceptors (Lipinski definition) is 1. The van der Waals surface area contributed by atoms with Crippen molar-refractivity contribution in [1.82, 2.24) is 0 Å². The average Bonchev–Trinajstić information content (AvgIpc) is 2.18. The van der Waals surface area contributed by atoms with Crippen molar-refractivity contribution in [3.8, 4) is 0 Å². The van der Waals surface area contributed by atoms with Crippen LogP contribution >= 0.6 is 0 Å². The first kappa shape index (κ1) is 13.3. The van der Waals surface area contributed by atoms with Crippen LogP contribution in [0, 0.1) is 6.92 Å². The van der Waals surface area contributed by atoms with Crippen molar-refractivity contribution in [2.45, 2.75) is 19.5 Å². The molecule has 0 aliphatic carbocycles. The minimum atomic E-state index is -4.36. The number of amides is 1. The summed E-state index contributed by atoms with van der Waals surface area (Å²) in [5.74, 6) is -0.522. The molecule has 0 bridgehead atoms. The van der Waals surface area contributed by atoms with Crippen molar-refractivity contribution < 1.29 is 18.0 Å². The molecule has 0 radical (unpaired) electrons. The standard InChI is InChI=1S/C12H12F3NO/c1-8-5-6-10(12(13,14)15)7-9(8)3-2-4-11(16)17/h2-3,5-7H,4H2,1H3,(H2,16,17). The fraction of sp³-hybridized carbons (Fsp3) is 0.250. The molecule has 0 aliphatic rings. The van der Waals surface area contributed by atoms with Crippen LogP contribution in [0.15, 0.2) is 24.3 Å². The van der Waals surface area contributed by atoms with E-state index in [1.165, 1.54) is 18.2 Å². The molecule has 2 N–H and O–H groups in total. The molecule has 0 saturated carbocycles. The summed E-state index contributed by atoms with van der Waals surface area (Å²) in [6, 6.07) is 3.47. The van der Waals surface area contributed by atoms with Gasteiger partial charge in [-0.05, 0) is 30.2 Å². The molecule has 2 nitrogen and oxygen atoms in total. The molecular formula is C12H12F3NO. The lowest BCUT2D eigenvalue weighted by Crippen LogP contribution is -2.08. The predicted octanol–water partition coefficient (Wildman–Crippen LogP) is 2.90.